The van der Waals surface area contributed by atoms with Crippen molar-refractivity contribution in [2.75, 3.05) is 0 Å². The van der Waals surface area contributed by atoms with Gasteiger partial charge in [0, 0.05) is 0 Å². The molecule has 5 aliphatic rings. The summed E-state index contributed by atoms with van der Waals surface area (Å²) < 4.78 is 0. The predicted molar refractivity (Wildman–Crippen MR) is 85.2 cm³/mol. The highest BCUT2D eigenvalue weighted by atomic mass is 14.7. The van der Waals surface area contributed by atoms with Crippen LogP contribution in [-0.2, 0) is 0 Å². The van der Waals surface area contributed by atoms with Gasteiger partial charge in [0.1, 0.15) is 0 Å². The van der Waals surface area contributed by atoms with Gasteiger partial charge in [-0.25, -0.2) is 0 Å². The molecule has 0 aromatic rings. The first-order valence-electron chi connectivity index (χ1n) is 8.91. The lowest BCUT2D eigenvalue weighted by Crippen LogP contribution is -2.12. The second-order valence-electron chi connectivity index (χ2n) is 8.55. The van der Waals surface area contributed by atoms with Crippen LogP contribution in [0.3, 0.4) is 0 Å². The summed E-state index contributed by atoms with van der Waals surface area (Å²) in [6.07, 6.45) is 14.3. The van der Waals surface area contributed by atoms with Crippen LogP contribution in [0.25, 0.3) is 0 Å². The van der Waals surface area contributed by atoms with Gasteiger partial charge in [-0.2, -0.15) is 0 Å². The molecule has 0 saturated heterocycles. The molecule has 0 amide bonds. The standard InChI is InChI=1S/C11H16.C9H14/c1-7-8(2)10-4-3-9(7)11(10)5-6-11;1-6-7(2)9-4-3-8(6)5-9/h3-4,7-10H,5-6H2,1-2H3;3-4,6-9H,5H2,1-2H3. The van der Waals surface area contributed by atoms with E-state index < -0.39 is 0 Å². The van der Waals surface area contributed by atoms with Crippen LogP contribution in [0.5, 0.6) is 0 Å². The van der Waals surface area contributed by atoms with Gasteiger partial charge in [0.15, 0.2) is 0 Å². The molecule has 3 saturated carbocycles. The van der Waals surface area contributed by atoms with Gasteiger partial charge < -0.3 is 0 Å². The molecular formula is C20H30. The Morgan fingerprint density at radius 3 is 1.35 bits per heavy atom. The fraction of sp³-hybridized carbons (Fsp3) is 0.800. The molecule has 1 spiro atoms. The molecule has 0 radical (unpaired) electrons. The minimum absolute atomic E-state index is 0.804. The fourth-order valence-corrected chi connectivity index (χ4v) is 6.02. The average Bonchev–Trinajstić information content (AvgIpc) is 2.77. The Morgan fingerprint density at radius 1 is 0.650 bits per heavy atom. The molecule has 0 aromatic heterocycles. The van der Waals surface area contributed by atoms with E-state index in [1.807, 2.05) is 0 Å². The maximum atomic E-state index is 2.50. The molecule has 0 aliphatic heterocycles. The number of hydrogen-bond acceptors (Lipinski definition) is 0. The van der Waals surface area contributed by atoms with Crippen molar-refractivity contribution >= 4 is 0 Å². The highest BCUT2D eigenvalue weighted by Crippen LogP contribution is 2.71. The van der Waals surface area contributed by atoms with Crippen molar-refractivity contribution in [1.82, 2.24) is 0 Å². The first-order valence-corrected chi connectivity index (χ1v) is 8.91. The number of rotatable bonds is 0. The van der Waals surface area contributed by atoms with Crippen LogP contribution in [0.2, 0.25) is 0 Å². The minimum atomic E-state index is 0.804. The second kappa shape index (κ2) is 4.24. The van der Waals surface area contributed by atoms with Crippen molar-refractivity contribution in [2.45, 2.75) is 47.0 Å². The van der Waals surface area contributed by atoms with E-state index in [4.69, 9.17) is 0 Å². The van der Waals surface area contributed by atoms with Crippen molar-refractivity contribution in [3.8, 4) is 0 Å². The molecule has 3 fully saturated rings. The number of fused-ring (bicyclic) bond motifs is 2. The Balaban J connectivity index is 0.000000108. The summed E-state index contributed by atoms with van der Waals surface area (Å²) in [7, 11) is 0. The Labute approximate surface area is 124 Å². The Bertz CT molecular complexity index is 417. The van der Waals surface area contributed by atoms with E-state index in [2.05, 4.69) is 52.0 Å². The maximum Gasteiger partial charge on any atom is -0.0143 e. The zero-order chi connectivity index (χ0) is 14.1. The molecule has 110 valence electrons. The molecule has 0 heterocycles. The van der Waals surface area contributed by atoms with E-state index in [1.165, 1.54) is 19.3 Å². The molecule has 8 unspecified atom stereocenters. The highest BCUT2D eigenvalue weighted by molar-refractivity contribution is 5.27. The maximum absolute atomic E-state index is 2.50. The third-order valence-electron chi connectivity index (χ3n) is 7.97. The summed E-state index contributed by atoms with van der Waals surface area (Å²) in [5.74, 6) is 7.64. The van der Waals surface area contributed by atoms with Crippen LogP contribution >= 0.6 is 0 Å². The number of hydrogen-bond donors (Lipinski definition) is 0. The second-order valence-corrected chi connectivity index (χ2v) is 8.55. The van der Waals surface area contributed by atoms with E-state index in [0.29, 0.717) is 0 Å². The molecule has 0 N–H and O–H groups in total. The monoisotopic (exact) mass is 270 g/mol. The highest BCUT2D eigenvalue weighted by Gasteiger charge is 2.64. The van der Waals surface area contributed by atoms with E-state index in [9.17, 15) is 0 Å². The summed E-state index contributed by atoms with van der Waals surface area (Å²) in [6.45, 7) is 9.66. The third-order valence-corrected chi connectivity index (χ3v) is 7.97. The minimum Gasteiger partial charge on any atom is -0.0848 e. The predicted octanol–water partition coefficient (Wildman–Crippen LogP) is 5.32. The molecular weight excluding hydrogens is 240 g/mol. The Hall–Kier alpha value is -0.520. The van der Waals surface area contributed by atoms with Crippen molar-refractivity contribution in [1.29, 1.82) is 0 Å². The average molecular weight is 270 g/mol. The Morgan fingerprint density at radius 2 is 1.10 bits per heavy atom. The van der Waals surface area contributed by atoms with Gasteiger partial charge in [0.05, 0.1) is 0 Å². The normalized spacial score (nSPS) is 55.4. The topological polar surface area (TPSA) is 0 Å². The van der Waals surface area contributed by atoms with Crippen molar-refractivity contribution in [3.63, 3.8) is 0 Å². The zero-order valence-electron chi connectivity index (χ0n) is 13.5. The van der Waals surface area contributed by atoms with Crippen molar-refractivity contribution in [2.24, 2.45) is 52.8 Å². The summed E-state index contributed by atoms with van der Waals surface area (Å²) in [5.41, 5.74) is 0.804. The van der Waals surface area contributed by atoms with E-state index in [-0.39, 0.29) is 0 Å². The van der Waals surface area contributed by atoms with Gasteiger partial charge >= 0.3 is 0 Å². The van der Waals surface area contributed by atoms with Crippen LogP contribution in [0.4, 0.5) is 0 Å². The smallest absolute Gasteiger partial charge is 0.0143 e. The molecule has 0 aromatic carbocycles. The van der Waals surface area contributed by atoms with Gasteiger partial charge in [-0.1, -0.05) is 52.0 Å². The summed E-state index contributed by atoms with van der Waals surface area (Å²) in [4.78, 5) is 0. The molecule has 0 nitrogen and oxygen atoms in total. The summed E-state index contributed by atoms with van der Waals surface area (Å²) >= 11 is 0. The first kappa shape index (κ1) is 13.2. The lowest BCUT2D eigenvalue weighted by atomic mass is 9.86. The van der Waals surface area contributed by atoms with Crippen molar-refractivity contribution < 1.29 is 0 Å². The summed E-state index contributed by atoms with van der Waals surface area (Å²) in [6, 6.07) is 0. The van der Waals surface area contributed by atoms with Gasteiger partial charge in [-0.3, -0.25) is 0 Å². The SMILES string of the molecule is CC1C(C)C2C=CC1C21CC1.CC1C2C=CC(C2)C1C. The summed E-state index contributed by atoms with van der Waals surface area (Å²) in [5, 5.41) is 0. The first-order chi connectivity index (χ1) is 9.54. The van der Waals surface area contributed by atoms with E-state index in [0.717, 1.165) is 52.8 Å². The lowest BCUT2D eigenvalue weighted by Gasteiger charge is -2.19. The van der Waals surface area contributed by atoms with Gasteiger partial charge in [-0.15, -0.1) is 0 Å². The fourth-order valence-electron chi connectivity index (χ4n) is 6.02. The third kappa shape index (κ3) is 1.60. The lowest BCUT2D eigenvalue weighted by molar-refractivity contribution is 0.364. The Kier molecular flexibility index (Phi) is 2.79. The quantitative estimate of drug-likeness (QED) is 0.523. The van der Waals surface area contributed by atoms with E-state index >= 15 is 0 Å². The molecule has 5 rings (SSSR count). The van der Waals surface area contributed by atoms with Crippen LogP contribution in [0.1, 0.15) is 47.0 Å². The van der Waals surface area contributed by atoms with Crippen LogP contribution in [0, 0.1) is 52.8 Å². The van der Waals surface area contributed by atoms with Gasteiger partial charge in [-0.05, 0) is 72.0 Å². The van der Waals surface area contributed by atoms with Crippen LogP contribution in [0.15, 0.2) is 24.3 Å². The molecule has 4 bridgehead atoms. The molecule has 20 heavy (non-hydrogen) atoms. The van der Waals surface area contributed by atoms with Crippen LogP contribution < -0.4 is 0 Å². The number of allylic oxidation sites excluding steroid dienone is 4. The van der Waals surface area contributed by atoms with Crippen molar-refractivity contribution in [3.05, 3.63) is 24.3 Å². The van der Waals surface area contributed by atoms with Gasteiger partial charge in [0.2, 0.25) is 0 Å². The molecule has 8 atom stereocenters. The largest absolute Gasteiger partial charge is 0.0848 e. The zero-order valence-corrected chi connectivity index (χ0v) is 13.5. The van der Waals surface area contributed by atoms with Gasteiger partial charge in [0.25, 0.3) is 0 Å². The van der Waals surface area contributed by atoms with Crippen LogP contribution in [-0.4, -0.2) is 0 Å². The van der Waals surface area contributed by atoms with E-state index in [1.54, 1.807) is 0 Å². The molecule has 0 heteroatoms. The molecule has 5 aliphatic carbocycles.